The van der Waals surface area contributed by atoms with E-state index in [0.717, 1.165) is 0 Å². The Morgan fingerprint density at radius 1 is 1.37 bits per heavy atom. The van der Waals surface area contributed by atoms with Gasteiger partial charge >= 0.3 is 5.97 Å². The van der Waals surface area contributed by atoms with E-state index in [1.54, 1.807) is 20.8 Å². The zero-order valence-corrected chi connectivity index (χ0v) is 12.0. The molecule has 0 heterocycles. The van der Waals surface area contributed by atoms with Crippen molar-refractivity contribution < 1.29 is 19.1 Å². The van der Waals surface area contributed by atoms with Crippen LogP contribution in [0.5, 0.6) is 0 Å². The standard InChI is InChI=1S/C13H22N2O4/c1-5-19-12(16)9-15(6-7-18-4)13(17)11(8-14)10(2)3/h10-11H,5-7,9H2,1-4H3. The third-order valence-corrected chi connectivity index (χ3v) is 2.57. The molecule has 0 aromatic carbocycles. The van der Waals surface area contributed by atoms with Crippen molar-refractivity contribution in [2.24, 2.45) is 11.8 Å². The fourth-order valence-electron chi connectivity index (χ4n) is 1.52. The van der Waals surface area contributed by atoms with Crippen molar-refractivity contribution in [2.75, 3.05) is 33.4 Å². The van der Waals surface area contributed by atoms with Gasteiger partial charge in [-0.3, -0.25) is 9.59 Å². The second-order valence-corrected chi connectivity index (χ2v) is 4.41. The third-order valence-electron chi connectivity index (χ3n) is 2.57. The molecule has 0 aromatic rings. The van der Waals surface area contributed by atoms with Crippen molar-refractivity contribution in [2.45, 2.75) is 20.8 Å². The topological polar surface area (TPSA) is 79.6 Å². The summed E-state index contributed by atoms with van der Waals surface area (Å²) in [6, 6.07) is 1.98. The summed E-state index contributed by atoms with van der Waals surface area (Å²) in [7, 11) is 1.51. The maximum Gasteiger partial charge on any atom is 0.325 e. The Bertz CT molecular complexity index is 336. The monoisotopic (exact) mass is 270 g/mol. The number of rotatable bonds is 8. The highest BCUT2D eigenvalue weighted by molar-refractivity contribution is 5.85. The van der Waals surface area contributed by atoms with Crippen LogP contribution in [0.1, 0.15) is 20.8 Å². The molecule has 0 aliphatic rings. The second-order valence-electron chi connectivity index (χ2n) is 4.41. The molecule has 6 heteroatoms. The Morgan fingerprint density at radius 3 is 2.42 bits per heavy atom. The van der Waals surface area contributed by atoms with Crippen LogP contribution in [-0.2, 0) is 19.1 Å². The molecule has 0 fully saturated rings. The number of carbonyl (C=O) groups is 2. The molecule has 0 bridgehead atoms. The summed E-state index contributed by atoms with van der Waals surface area (Å²) in [5, 5.41) is 9.03. The summed E-state index contributed by atoms with van der Waals surface area (Å²) in [5.41, 5.74) is 0. The fourth-order valence-corrected chi connectivity index (χ4v) is 1.52. The predicted molar refractivity (Wildman–Crippen MR) is 69.0 cm³/mol. The number of methoxy groups -OCH3 is 1. The van der Waals surface area contributed by atoms with Crippen LogP contribution in [0.4, 0.5) is 0 Å². The van der Waals surface area contributed by atoms with Crippen LogP contribution in [0.3, 0.4) is 0 Å². The van der Waals surface area contributed by atoms with Gasteiger partial charge in [0.05, 0.1) is 19.3 Å². The Morgan fingerprint density at radius 2 is 2.00 bits per heavy atom. The molecule has 1 amide bonds. The molecule has 0 aliphatic heterocycles. The summed E-state index contributed by atoms with van der Waals surface area (Å²) >= 11 is 0. The largest absolute Gasteiger partial charge is 0.465 e. The lowest BCUT2D eigenvalue weighted by atomic mass is 9.96. The molecule has 0 saturated carbocycles. The lowest BCUT2D eigenvalue weighted by molar-refractivity contribution is -0.150. The smallest absolute Gasteiger partial charge is 0.325 e. The highest BCUT2D eigenvalue weighted by atomic mass is 16.5. The van der Waals surface area contributed by atoms with Crippen molar-refractivity contribution in [3.63, 3.8) is 0 Å². The minimum atomic E-state index is -0.758. The van der Waals surface area contributed by atoms with Gasteiger partial charge in [-0.15, -0.1) is 0 Å². The van der Waals surface area contributed by atoms with E-state index < -0.39 is 11.9 Å². The first kappa shape index (κ1) is 17.4. The molecular weight excluding hydrogens is 248 g/mol. The zero-order chi connectivity index (χ0) is 14.8. The molecule has 1 atom stereocenters. The summed E-state index contributed by atoms with van der Waals surface area (Å²) in [6.07, 6.45) is 0. The minimum absolute atomic E-state index is 0.107. The van der Waals surface area contributed by atoms with Gasteiger partial charge in [0.2, 0.25) is 5.91 Å². The predicted octanol–water partition coefficient (Wildman–Crippen LogP) is 0.820. The van der Waals surface area contributed by atoms with Gasteiger partial charge in [0.1, 0.15) is 12.5 Å². The van der Waals surface area contributed by atoms with E-state index in [-0.39, 0.29) is 31.5 Å². The molecule has 0 spiro atoms. The van der Waals surface area contributed by atoms with Gasteiger partial charge in [0.25, 0.3) is 0 Å². The van der Waals surface area contributed by atoms with Crippen LogP contribution in [0.15, 0.2) is 0 Å². The number of ether oxygens (including phenoxy) is 2. The molecule has 19 heavy (non-hydrogen) atoms. The van der Waals surface area contributed by atoms with Gasteiger partial charge in [-0.25, -0.2) is 0 Å². The Balaban J connectivity index is 4.77. The quantitative estimate of drug-likeness (QED) is 0.610. The van der Waals surface area contributed by atoms with E-state index in [4.69, 9.17) is 14.7 Å². The van der Waals surface area contributed by atoms with Crippen LogP contribution < -0.4 is 0 Å². The van der Waals surface area contributed by atoms with E-state index >= 15 is 0 Å². The van der Waals surface area contributed by atoms with Gasteiger partial charge < -0.3 is 14.4 Å². The van der Waals surface area contributed by atoms with Gasteiger partial charge in [0.15, 0.2) is 0 Å². The van der Waals surface area contributed by atoms with Crippen molar-refractivity contribution in [3.8, 4) is 6.07 Å². The van der Waals surface area contributed by atoms with Crippen LogP contribution >= 0.6 is 0 Å². The van der Waals surface area contributed by atoms with E-state index in [0.29, 0.717) is 6.61 Å². The molecule has 0 rings (SSSR count). The molecule has 0 N–H and O–H groups in total. The first-order valence-electron chi connectivity index (χ1n) is 6.30. The Kier molecular flexibility index (Phi) is 8.55. The first-order valence-corrected chi connectivity index (χ1v) is 6.30. The van der Waals surface area contributed by atoms with Crippen molar-refractivity contribution >= 4 is 11.9 Å². The number of nitriles is 1. The van der Waals surface area contributed by atoms with Crippen LogP contribution in [0.25, 0.3) is 0 Å². The normalized spacial score (nSPS) is 11.8. The number of nitrogens with zero attached hydrogens (tertiary/aromatic N) is 2. The molecule has 108 valence electrons. The first-order chi connectivity index (χ1) is 8.97. The molecule has 0 aromatic heterocycles. The Hall–Kier alpha value is -1.61. The summed E-state index contributed by atoms with van der Waals surface area (Å²) < 4.78 is 9.73. The molecule has 0 saturated heterocycles. The molecule has 6 nitrogen and oxygen atoms in total. The second kappa shape index (κ2) is 9.34. The zero-order valence-electron chi connectivity index (χ0n) is 12.0. The lowest BCUT2D eigenvalue weighted by Crippen LogP contribution is -2.43. The van der Waals surface area contributed by atoms with Crippen LogP contribution in [0.2, 0.25) is 0 Å². The van der Waals surface area contributed by atoms with E-state index in [1.807, 2.05) is 6.07 Å². The van der Waals surface area contributed by atoms with E-state index in [2.05, 4.69) is 0 Å². The van der Waals surface area contributed by atoms with Gasteiger partial charge in [-0.1, -0.05) is 13.8 Å². The molecule has 0 radical (unpaired) electrons. The summed E-state index contributed by atoms with van der Waals surface area (Å²) in [6.45, 7) is 5.97. The maximum absolute atomic E-state index is 12.2. The number of esters is 1. The van der Waals surface area contributed by atoms with Crippen molar-refractivity contribution in [3.05, 3.63) is 0 Å². The van der Waals surface area contributed by atoms with Crippen LogP contribution in [-0.4, -0.2) is 50.2 Å². The highest BCUT2D eigenvalue weighted by Gasteiger charge is 2.28. The number of carbonyl (C=O) groups excluding carboxylic acids is 2. The van der Waals surface area contributed by atoms with E-state index in [9.17, 15) is 9.59 Å². The van der Waals surface area contributed by atoms with Crippen molar-refractivity contribution in [1.29, 1.82) is 5.26 Å². The number of hydrogen-bond donors (Lipinski definition) is 0. The highest BCUT2D eigenvalue weighted by Crippen LogP contribution is 2.13. The molecular formula is C13H22N2O4. The molecule has 0 aliphatic carbocycles. The number of hydrogen-bond acceptors (Lipinski definition) is 5. The van der Waals surface area contributed by atoms with E-state index in [1.165, 1.54) is 12.0 Å². The average Bonchev–Trinajstić information content (AvgIpc) is 2.34. The fraction of sp³-hybridized carbons (Fsp3) is 0.769. The number of amides is 1. The lowest BCUT2D eigenvalue weighted by Gasteiger charge is -2.25. The SMILES string of the molecule is CCOC(=O)CN(CCOC)C(=O)C(C#N)C(C)C. The average molecular weight is 270 g/mol. The summed E-state index contributed by atoms with van der Waals surface area (Å²) in [5.74, 6) is -1.70. The minimum Gasteiger partial charge on any atom is -0.465 e. The van der Waals surface area contributed by atoms with Gasteiger partial charge in [-0.05, 0) is 12.8 Å². The van der Waals surface area contributed by atoms with Crippen molar-refractivity contribution in [1.82, 2.24) is 4.90 Å². The van der Waals surface area contributed by atoms with Crippen LogP contribution in [0, 0.1) is 23.2 Å². The molecule has 1 unspecified atom stereocenters. The Labute approximate surface area is 114 Å². The maximum atomic E-state index is 12.2. The summed E-state index contributed by atoms with van der Waals surface area (Å²) in [4.78, 5) is 25.0. The van der Waals surface area contributed by atoms with Gasteiger partial charge in [0, 0.05) is 13.7 Å². The van der Waals surface area contributed by atoms with Gasteiger partial charge in [-0.2, -0.15) is 5.26 Å². The third kappa shape index (κ3) is 6.20.